The molecule has 0 saturated heterocycles. The highest BCUT2D eigenvalue weighted by Gasteiger charge is 2.22. The van der Waals surface area contributed by atoms with Gasteiger partial charge >= 0.3 is 0 Å². The molecule has 2 aromatic heterocycles. The average molecular weight is 477 g/mol. The second kappa shape index (κ2) is 10.6. The van der Waals surface area contributed by atoms with Gasteiger partial charge in [-0.05, 0) is 53.3 Å². The Morgan fingerprint density at radius 2 is 1.91 bits per heavy atom. The fourth-order valence-electron chi connectivity index (χ4n) is 4.00. The third kappa shape index (κ3) is 4.84. The van der Waals surface area contributed by atoms with Crippen molar-refractivity contribution in [1.29, 1.82) is 0 Å². The number of nitrogens with zero attached hydrogens (tertiary/aromatic N) is 1. The monoisotopic (exact) mass is 476 g/mol. The van der Waals surface area contributed by atoms with Crippen LogP contribution in [0.1, 0.15) is 42.1 Å². The molecule has 34 heavy (non-hydrogen) atoms. The minimum atomic E-state index is -0.592. The molecule has 0 unspecified atom stereocenters. The summed E-state index contributed by atoms with van der Waals surface area (Å²) in [4.78, 5) is 27.5. The molecular weight excluding hydrogens is 448 g/mol. The second-order valence-electron chi connectivity index (χ2n) is 8.13. The lowest BCUT2D eigenvalue weighted by Crippen LogP contribution is -2.33. The van der Waals surface area contributed by atoms with Crippen LogP contribution in [0.25, 0.3) is 21.3 Å². The van der Waals surface area contributed by atoms with E-state index >= 15 is 0 Å². The Morgan fingerprint density at radius 3 is 2.59 bits per heavy atom. The van der Waals surface area contributed by atoms with E-state index in [1.165, 1.54) is 0 Å². The molecule has 2 aromatic carbocycles. The molecule has 0 fully saturated rings. The molecule has 176 valence electrons. The number of carbonyl (C=O) groups is 1. The van der Waals surface area contributed by atoms with Crippen molar-refractivity contribution in [1.82, 2.24) is 9.88 Å². The Balaban J connectivity index is 1.73. The van der Waals surface area contributed by atoms with Crippen LogP contribution in [0.5, 0.6) is 11.5 Å². The quantitative estimate of drug-likeness (QED) is 0.310. The number of aromatic nitrogens is 1. The van der Waals surface area contributed by atoms with Crippen LogP contribution in [0, 0.1) is 0 Å². The smallest absolute Gasteiger partial charge is 0.267 e. The van der Waals surface area contributed by atoms with Gasteiger partial charge in [0, 0.05) is 23.4 Å². The summed E-state index contributed by atoms with van der Waals surface area (Å²) in [5.74, 6) is -0.151. The average Bonchev–Trinajstić information content (AvgIpc) is 3.40. The molecule has 0 radical (unpaired) electrons. The number of aromatic hydroxyl groups is 1. The molecule has 0 aliphatic carbocycles. The number of ether oxygens (including phenoxy) is 1. The number of benzene rings is 2. The summed E-state index contributed by atoms with van der Waals surface area (Å²) >= 11 is 1.60. The van der Waals surface area contributed by atoms with Crippen LogP contribution in [0.15, 0.2) is 64.8 Å². The summed E-state index contributed by atoms with van der Waals surface area (Å²) in [5, 5.41) is 16.4. The minimum absolute atomic E-state index is 0.221. The first-order chi connectivity index (χ1) is 16.5. The van der Waals surface area contributed by atoms with E-state index in [1.807, 2.05) is 60.0 Å². The van der Waals surface area contributed by atoms with E-state index in [4.69, 9.17) is 4.74 Å². The molecule has 0 atom stereocenters. The molecular formula is C27H28N2O4S. The van der Waals surface area contributed by atoms with Gasteiger partial charge in [-0.2, -0.15) is 0 Å². The molecule has 4 rings (SSSR count). The van der Waals surface area contributed by atoms with Gasteiger partial charge < -0.3 is 19.7 Å². The first kappa shape index (κ1) is 23.6. The first-order valence-electron chi connectivity index (χ1n) is 11.4. The van der Waals surface area contributed by atoms with E-state index in [1.54, 1.807) is 23.0 Å². The van der Waals surface area contributed by atoms with Crippen molar-refractivity contribution < 1.29 is 14.6 Å². The number of fused-ring (bicyclic) bond motifs is 1. The predicted octanol–water partition coefficient (Wildman–Crippen LogP) is 5.56. The summed E-state index contributed by atoms with van der Waals surface area (Å²) in [6, 6.07) is 16.9. The van der Waals surface area contributed by atoms with Crippen LogP contribution in [-0.4, -0.2) is 22.7 Å². The van der Waals surface area contributed by atoms with Gasteiger partial charge in [0.25, 0.3) is 11.5 Å². The van der Waals surface area contributed by atoms with Crippen molar-refractivity contribution in [3.63, 3.8) is 0 Å². The highest BCUT2D eigenvalue weighted by Crippen LogP contribution is 2.33. The molecule has 2 N–H and O–H groups in total. The molecule has 0 saturated carbocycles. The molecule has 0 aliphatic heterocycles. The molecule has 7 heteroatoms. The van der Waals surface area contributed by atoms with Crippen LogP contribution < -0.4 is 15.6 Å². The van der Waals surface area contributed by atoms with Gasteiger partial charge in [-0.15, -0.1) is 11.3 Å². The maximum absolute atomic E-state index is 13.4. The van der Waals surface area contributed by atoms with Crippen LogP contribution in [0.4, 0.5) is 0 Å². The zero-order chi connectivity index (χ0) is 24.1. The highest BCUT2D eigenvalue weighted by atomic mass is 32.1. The van der Waals surface area contributed by atoms with Gasteiger partial charge in [-0.3, -0.25) is 9.59 Å². The predicted molar refractivity (Wildman–Crippen MR) is 137 cm³/mol. The van der Waals surface area contributed by atoms with E-state index in [0.717, 1.165) is 41.0 Å². The summed E-state index contributed by atoms with van der Waals surface area (Å²) in [5.41, 5.74) is 1.72. The topological polar surface area (TPSA) is 80.6 Å². The van der Waals surface area contributed by atoms with Crippen molar-refractivity contribution in [3.8, 4) is 21.9 Å². The SMILES string of the molecule is CCCCCn1c(=O)c(C(=O)NCc2ccc(OC)cc2)c(O)c2cc(-c3cccs3)ccc21. The van der Waals surface area contributed by atoms with E-state index < -0.39 is 11.5 Å². The van der Waals surface area contributed by atoms with Gasteiger partial charge in [0.05, 0.1) is 12.6 Å². The van der Waals surface area contributed by atoms with Gasteiger partial charge in [-0.1, -0.05) is 44.0 Å². The van der Waals surface area contributed by atoms with E-state index in [9.17, 15) is 14.7 Å². The van der Waals surface area contributed by atoms with Gasteiger partial charge in [0.15, 0.2) is 0 Å². The number of hydrogen-bond acceptors (Lipinski definition) is 5. The fraction of sp³-hybridized carbons (Fsp3) is 0.259. The van der Waals surface area contributed by atoms with Crippen LogP contribution >= 0.6 is 11.3 Å². The Kier molecular flexibility index (Phi) is 7.33. The normalized spacial score (nSPS) is 11.0. The zero-order valence-corrected chi connectivity index (χ0v) is 20.2. The van der Waals surface area contributed by atoms with Crippen molar-refractivity contribution in [2.24, 2.45) is 0 Å². The summed E-state index contributed by atoms with van der Waals surface area (Å²) in [6.45, 7) is 2.81. The number of aryl methyl sites for hydroxylation is 1. The lowest BCUT2D eigenvalue weighted by atomic mass is 10.0. The summed E-state index contributed by atoms with van der Waals surface area (Å²) in [6.07, 6.45) is 2.81. The van der Waals surface area contributed by atoms with Crippen LogP contribution in [0.3, 0.4) is 0 Å². The van der Waals surface area contributed by atoms with Crippen molar-refractivity contribution in [2.45, 2.75) is 39.3 Å². The highest BCUT2D eigenvalue weighted by molar-refractivity contribution is 7.13. The lowest BCUT2D eigenvalue weighted by Gasteiger charge is -2.16. The maximum atomic E-state index is 13.4. The summed E-state index contributed by atoms with van der Waals surface area (Å²) in [7, 11) is 1.59. The standard InChI is InChI=1S/C27H28N2O4S/c1-3-4-5-14-29-22-13-10-19(23-7-6-15-34-23)16-21(22)25(30)24(27(29)32)26(31)28-17-18-8-11-20(33-2)12-9-18/h6-13,15-16,30H,3-5,14,17H2,1-2H3,(H,28,31). The molecule has 0 spiro atoms. The summed E-state index contributed by atoms with van der Waals surface area (Å²) < 4.78 is 6.78. The van der Waals surface area contributed by atoms with Gasteiger partial charge in [-0.25, -0.2) is 0 Å². The van der Waals surface area contributed by atoms with E-state index in [0.29, 0.717) is 17.4 Å². The van der Waals surface area contributed by atoms with E-state index in [2.05, 4.69) is 12.2 Å². The third-order valence-corrected chi connectivity index (χ3v) is 6.79. The van der Waals surface area contributed by atoms with Crippen molar-refractivity contribution >= 4 is 28.1 Å². The Hall–Kier alpha value is -3.58. The second-order valence-corrected chi connectivity index (χ2v) is 9.08. The number of carbonyl (C=O) groups excluding carboxylic acids is 1. The van der Waals surface area contributed by atoms with Crippen molar-refractivity contribution in [2.75, 3.05) is 7.11 Å². The largest absolute Gasteiger partial charge is 0.506 e. The number of hydrogen-bond donors (Lipinski definition) is 2. The van der Waals surface area contributed by atoms with Gasteiger partial charge in [0.2, 0.25) is 0 Å². The first-order valence-corrected chi connectivity index (χ1v) is 12.3. The van der Waals surface area contributed by atoms with Gasteiger partial charge in [0.1, 0.15) is 17.1 Å². The maximum Gasteiger partial charge on any atom is 0.267 e. The number of thiophene rings is 1. The number of unbranched alkanes of at least 4 members (excludes halogenated alkanes) is 2. The minimum Gasteiger partial charge on any atom is -0.506 e. The zero-order valence-electron chi connectivity index (χ0n) is 19.3. The number of pyridine rings is 1. The lowest BCUT2D eigenvalue weighted by molar-refractivity contribution is 0.0946. The molecule has 0 aliphatic rings. The molecule has 4 aromatic rings. The molecule has 0 bridgehead atoms. The number of nitrogens with one attached hydrogen (secondary N) is 1. The number of amides is 1. The fourth-order valence-corrected chi connectivity index (χ4v) is 4.72. The number of methoxy groups -OCH3 is 1. The van der Waals surface area contributed by atoms with E-state index in [-0.39, 0.29) is 17.9 Å². The molecule has 2 heterocycles. The number of rotatable bonds is 9. The van der Waals surface area contributed by atoms with Crippen LogP contribution in [0.2, 0.25) is 0 Å². The Bertz CT molecular complexity index is 1340. The molecule has 6 nitrogen and oxygen atoms in total. The van der Waals surface area contributed by atoms with Crippen LogP contribution in [-0.2, 0) is 13.1 Å². The Morgan fingerprint density at radius 1 is 1.12 bits per heavy atom. The van der Waals surface area contributed by atoms with Crippen molar-refractivity contribution in [3.05, 3.63) is 81.5 Å². The Labute approximate surface area is 202 Å². The third-order valence-electron chi connectivity index (χ3n) is 5.87. The molecule has 1 amide bonds.